The lowest BCUT2D eigenvalue weighted by Gasteiger charge is -2.17. The number of amides is 1. The Kier molecular flexibility index (Phi) is 8.08. The summed E-state index contributed by atoms with van der Waals surface area (Å²) in [7, 11) is -3.36. The molecule has 3 aromatic rings. The molecule has 0 saturated heterocycles. The molecular weight excluding hydrogens is 460 g/mol. The van der Waals surface area contributed by atoms with Crippen LogP contribution in [0.2, 0.25) is 0 Å². The Labute approximate surface area is 206 Å². The Morgan fingerprint density at radius 1 is 0.943 bits per heavy atom. The normalized spacial score (nSPS) is 15.0. The van der Waals surface area contributed by atoms with Gasteiger partial charge in [-0.2, -0.15) is 0 Å². The van der Waals surface area contributed by atoms with Gasteiger partial charge in [-0.05, 0) is 67.1 Å². The van der Waals surface area contributed by atoms with Crippen molar-refractivity contribution in [1.29, 1.82) is 0 Å². The van der Waals surface area contributed by atoms with Crippen molar-refractivity contribution in [2.75, 3.05) is 11.1 Å². The van der Waals surface area contributed by atoms with Gasteiger partial charge in [0.15, 0.2) is 15.6 Å². The summed E-state index contributed by atoms with van der Waals surface area (Å²) >= 11 is 0. The molecule has 1 heterocycles. The lowest BCUT2D eigenvalue weighted by atomic mass is 9.91. The standard InChI is InChI=1S/C28H30N2O4S/c31-27(23-11-6-16-29-19-23)18-24(17-21-7-2-1-3-8-21)28(32)30-25-12-14-26(15-13-25)35(33,34)20-22-9-4-5-10-22/h1-3,6-8,11-16,19,22,24H,4-5,9-10,17-18,20H2,(H,30,32)/t24-/m1/s1. The maximum atomic E-state index is 13.2. The van der Waals surface area contributed by atoms with Crippen molar-refractivity contribution in [2.45, 2.75) is 43.4 Å². The summed E-state index contributed by atoms with van der Waals surface area (Å²) in [4.78, 5) is 30.3. The van der Waals surface area contributed by atoms with E-state index >= 15 is 0 Å². The van der Waals surface area contributed by atoms with Gasteiger partial charge in [0.1, 0.15) is 0 Å². The van der Waals surface area contributed by atoms with Gasteiger partial charge in [-0.1, -0.05) is 43.2 Å². The fourth-order valence-corrected chi connectivity index (χ4v) is 6.30. The van der Waals surface area contributed by atoms with E-state index in [2.05, 4.69) is 10.3 Å². The zero-order valence-electron chi connectivity index (χ0n) is 19.6. The van der Waals surface area contributed by atoms with Crippen molar-refractivity contribution >= 4 is 27.2 Å². The van der Waals surface area contributed by atoms with Gasteiger partial charge in [-0.15, -0.1) is 0 Å². The van der Waals surface area contributed by atoms with Gasteiger partial charge in [0, 0.05) is 36.0 Å². The molecule has 0 bridgehead atoms. The summed E-state index contributed by atoms with van der Waals surface area (Å²) in [6, 6.07) is 19.3. The number of carbonyl (C=O) groups is 2. The number of sulfone groups is 1. The summed E-state index contributed by atoms with van der Waals surface area (Å²) in [6.07, 6.45) is 7.68. The van der Waals surface area contributed by atoms with E-state index in [0.717, 1.165) is 31.2 Å². The number of hydrogen-bond donors (Lipinski definition) is 1. The summed E-state index contributed by atoms with van der Waals surface area (Å²) in [5.74, 6) is -0.615. The first-order chi connectivity index (χ1) is 16.9. The first-order valence-corrected chi connectivity index (χ1v) is 13.7. The summed E-state index contributed by atoms with van der Waals surface area (Å²) in [6.45, 7) is 0. The van der Waals surface area contributed by atoms with E-state index in [1.54, 1.807) is 42.6 Å². The largest absolute Gasteiger partial charge is 0.326 e. The third-order valence-corrected chi connectivity index (χ3v) is 8.42. The molecule has 6 nitrogen and oxygen atoms in total. The van der Waals surface area contributed by atoms with Crippen molar-refractivity contribution in [2.24, 2.45) is 11.8 Å². The van der Waals surface area contributed by atoms with Gasteiger partial charge in [0.25, 0.3) is 0 Å². The smallest absolute Gasteiger partial charge is 0.228 e. The van der Waals surface area contributed by atoms with Crippen molar-refractivity contribution < 1.29 is 18.0 Å². The van der Waals surface area contributed by atoms with Crippen LogP contribution in [0.3, 0.4) is 0 Å². The number of ketones is 1. The fourth-order valence-electron chi connectivity index (χ4n) is 4.60. The minimum Gasteiger partial charge on any atom is -0.326 e. The molecule has 35 heavy (non-hydrogen) atoms. The number of nitrogens with one attached hydrogen (secondary N) is 1. The monoisotopic (exact) mass is 490 g/mol. The topological polar surface area (TPSA) is 93.2 Å². The summed E-state index contributed by atoms with van der Waals surface area (Å²) < 4.78 is 25.5. The van der Waals surface area contributed by atoms with Crippen LogP contribution in [0.5, 0.6) is 0 Å². The Hall–Kier alpha value is -3.32. The fraction of sp³-hybridized carbons (Fsp3) is 0.321. The number of nitrogens with zero attached hydrogens (tertiary/aromatic N) is 1. The molecule has 0 radical (unpaired) electrons. The van der Waals surface area contributed by atoms with Gasteiger partial charge in [-0.3, -0.25) is 14.6 Å². The van der Waals surface area contributed by atoms with Crippen molar-refractivity contribution in [3.63, 3.8) is 0 Å². The number of pyridine rings is 1. The number of carbonyl (C=O) groups excluding carboxylic acids is 2. The van der Waals surface area contributed by atoms with Crippen LogP contribution in [0.25, 0.3) is 0 Å². The SMILES string of the molecule is O=C(C[C@@H](Cc1ccccc1)C(=O)Nc1ccc(S(=O)(=O)CC2CCCC2)cc1)c1cccnc1. The molecule has 7 heteroatoms. The Morgan fingerprint density at radius 3 is 2.31 bits per heavy atom. The zero-order chi connectivity index (χ0) is 24.7. The molecule has 1 aromatic heterocycles. The third-order valence-electron chi connectivity index (χ3n) is 6.52. The van der Waals surface area contributed by atoms with Crippen LogP contribution in [-0.4, -0.2) is 30.8 Å². The highest BCUT2D eigenvalue weighted by Crippen LogP contribution is 2.28. The van der Waals surface area contributed by atoms with Gasteiger partial charge in [0.2, 0.25) is 5.91 Å². The van der Waals surface area contributed by atoms with Crippen LogP contribution in [-0.2, 0) is 21.1 Å². The molecule has 4 rings (SSSR count). The van der Waals surface area contributed by atoms with Crippen molar-refractivity contribution in [3.05, 3.63) is 90.3 Å². The highest BCUT2D eigenvalue weighted by atomic mass is 32.2. The molecule has 1 aliphatic rings. The second kappa shape index (κ2) is 11.4. The zero-order valence-corrected chi connectivity index (χ0v) is 20.4. The minimum absolute atomic E-state index is 0.0419. The quantitative estimate of drug-likeness (QED) is 0.398. The summed E-state index contributed by atoms with van der Waals surface area (Å²) in [5, 5.41) is 2.87. The van der Waals surface area contributed by atoms with E-state index in [0.29, 0.717) is 17.7 Å². The Balaban J connectivity index is 1.46. The number of aromatic nitrogens is 1. The third kappa shape index (κ3) is 6.85. The van der Waals surface area contributed by atoms with Crippen LogP contribution in [0.1, 0.15) is 48.0 Å². The van der Waals surface area contributed by atoms with Crippen LogP contribution in [0.4, 0.5) is 5.69 Å². The molecule has 1 fully saturated rings. The van der Waals surface area contributed by atoms with E-state index in [9.17, 15) is 18.0 Å². The first kappa shape index (κ1) is 24.8. The van der Waals surface area contributed by atoms with Gasteiger partial charge < -0.3 is 5.32 Å². The Bertz CT molecular complexity index is 1240. The number of anilines is 1. The van der Waals surface area contributed by atoms with Crippen LogP contribution in [0.15, 0.2) is 84.0 Å². The van der Waals surface area contributed by atoms with Crippen LogP contribution < -0.4 is 5.32 Å². The minimum atomic E-state index is -3.36. The van der Waals surface area contributed by atoms with Crippen LogP contribution in [0, 0.1) is 11.8 Å². The lowest BCUT2D eigenvalue weighted by Crippen LogP contribution is -2.27. The maximum absolute atomic E-state index is 13.2. The first-order valence-electron chi connectivity index (χ1n) is 12.0. The van der Waals surface area contributed by atoms with Crippen LogP contribution >= 0.6 is 0 Å². The Morgan fingerprint density at radius 2 is 1.66 bits per heavy atom. The average molecular weight is 491 g/mol. The highest BCUT2D eigenvalue weighted by molar-refractivity contribution is 7.91. The van der Waals surface area contributed by atoms with Crippen molar-refractivity contribution in [3.8, 4) is 0 Å². The van der Waals surface area contributed by atoms with Gasteiger partial charge in [0.05, 0.1) is 10.6 Å². The van der Waals surface area contributed by atoms with E-state index in [4.69, 9.17) is 0 Å². The van der Waals surface area contributed by atoms with E-state index in [1.165, 1.54) is 6.20 Å². The molecule has 0 spiro atoms. The number of rotatable bonds is 10. The summed E-state index contributed by atoms with van der Waals surface area (Å²) in [5.41, 5.74) is 1.93. The average Bonchev–Trinajstić information content (AvgIpc) is 3.37. The van der Waals surface area contributed by atoms with Crippen molar-refractivity contribution in [1.82, 2.24) is 4.98 Å². The molecule has 0 unspecified atom stereocenters. The van der Waals surface area contributed by atoms with E-state index in [1.807, 2.05) is 30.3 Å². The number of Topliss-reactive ketones (excluding diaryl/α,β-unsaturated/α-hetero) is 1. The number of benzene rings is 2. The molecule has 1 saturated carbocycles. The molecule has 0 aliphatic heterocycles. The lowest BCUT2D eigenvalue weighted by molar-refractivity contribution is -0.119. The second-order valence-corrected chi connectivity index (χ2v) is 11.2. The molecule has 1 atom stereocenters. The maximum Gasteiger partial charge on any atom is 0.228 e. The molecule has 2 aromatic carbocycles. The predicted octanol–water partition coefficient (Wildman–Crippen LogP) is 5.12. The van der Waals surface area contributed by atoms with E-state index < -0.39 is 15.8 Å². The van der Waals surface area contributed by atoms with Gasteiger partial charge >= 0.3 is 0 Å². The molecule has 182 valence electrons. The highest BCUT2D eigenvalue weighted by Gasteiger charge is 2.25. The molecule has 1 N–H and O–H groups in total. The molecule has 1 aliphatic carbocycles. The second-order valence-electron chi connectivity index (χ2n) is 9.20. The molecule has 1 amide bonds. The van der Waals surface area contributed by atoms with Gasteiger partial charge in [-0.25, -0.2) is 8.42 Å². The number of hydrogen-bond acceptors (Lipinski definition) is 5. The van der Waals surface area contributed by atoms with E-state index in [-0.39, 0.29) is 34.7 Å². The predicted molar refractivity (Wildman–Crippen MR) is 136 cm³/mol. The molecular formula is C28H30N2O4S.